The lowest BCUT2D eigenvalue weighted by molar-refractivity contribution is -0.127. The molecule has 1 N–H and O–H groups in total. The highest BCUT2D eigenvalue weighted by Crippen LogP contribution is 2.48. The van der Waals surface area contributed by atoms with Crippen LogP contribution in [0.5, 0.6) is 0 Å². The fourth-order valence-electron chi connectivity index (χ4n) is 5.85. The molecule has 2 aliphatic heterocycles. The van der Waals surface area contributed by atoms with Gasteiger partial charge in [0.05, 0.1) is 41.2 Å². The molecule has 3 heterocycles. The van der Waals surface area contributed by atoms with E-state index in [4.69, 9.17) is 4.98 Å². The third-order valence-electron chi connectivity index (χ3n) is 8.38. The van der Waals surface area contributed by atoms with Gasteiger partial charge in [-0.05, 0) is 43.4 Å². The summed E-state index contributed by atoms with van der Waals surface area (Å²) < 4.78 is 51.1. The van der Waals surface area contributed by atoms with E-state index < -0.39 is 21.3 Å². The summed E-state index contributed by atoms with van der Waals surface area (Å²) in [6, 6.07) is 10.1. The van der Waals surface area contributed by atoms with Crippen LogP contribution in [0.4, 0.5) is 19.6 Å². The zero-order chi connectivity index (χ0) is 27.4. The van der Waals surface area contributed by atoms with Crippen LogP contribution in [-0.4, -0.2) is 68.5 Å². The molecule has 8 nitrogen and oxygen atoms in total. The number of sulfone groups is 1. The van der Waals surface area contributed by atoms with Crippen molar-refractivity contribution in [3.63, 3.8) is 0 Å². The largest absolute Gasteiger partial charge is 0.369 e. The molecule has 0 spiro atoms. The average Bonchev–Trinajstić information content (AvgIpc) is 3.54. The number of nitriles is 1. The van der Waals surface area contributed by atoms with Crippen LogP contribution >= 0.6 is 11.3 Å². The fourth-order valence-corrected chi connectivity index (χ4v) is 8.19. The second-order valence-electron chi connectivity index (χ2n) is 11.3. The second-order valence-corrected chi connectivity index (χ2v) is 14.6. The van der Waals surface area contributed by atoms with Crippen molar-refractivity contribution in [3.05, 3.63) is 30.0 Å². The van der Waals surface area contributed by atoms with Crippen LogP contribution in [0.3, 0.4) is 0 Å². The number of nitrogens with one attached hydrogen (secondary N) is 1. The molecular formula is C27H31F2N5O3S2. The minimum atomic E-state index is -2.98. The summed E-state index contributed by atoms with van der Waals surface area (Å²) >= 11 is 1.38. The topological polar surface area (TPSA) is 106 Å². The highest BCUT2D eigenvalue weighted by Gasteiger charge is 2.48. The number of rotatable bonds is 6. The first-order valence-electron chi connectivity index (χ1n) is 13.5. The number of carbonyl (C=O) groups excluding carboxylic acids is 1. The SMILES string of the molecule is N#CC1(NC(=O)C2CCCCC2c2nc(N3CC(F)(F)C3)sc2-c2ccc(N3CCS(=O)(=O)CC3)cc2)CC1. The maximum atomic E-state index is 13.7. The van der Waals surface area contributed by atoms with Crippen LogP contribution in [0.2, 0.25) is 0 Å². The Bertz CT molecular complexity index is 1390. The van der Waals surface area contributed by atoms with Crippen LogP contribution in [0.25, 0.3) is 10.4 Å². The predicted octanol–water partition coefficient (Wildman–Crippen LogP) is 3.95. The highest BCUT2D eigenvalue weighted by atomic mass is 32.2. The molecule has 1 amide bonds. The smallest absolute Gasteiger partial charge is 0.282 e. The van der Waals surface area contributed by atoms with E-state index in [2.05, 4.69) is 16.3 Å². The summed E-state index contributed by atoms with van der Waals surface area (Å²) in [5.74, 6) is -3.07. The summed E-state index contributed by atoms with van der Waals surface area (Å²) in [5.41, 5.74) is 1.85. The van der Waals surface area contributed by atoms with Crippen molar-refractivity contribution < 1.29 is 22.0 Å². The lowest BCUT2D eigenvalue weighted by Gasteiger charge is -2.38. The Hall–Kier alpha value is -2.78. The molecule has 0 radical (unpaired) electrons. The molecule has 2 aliphatic carbocycles. The molecule has 12 heteroatoms. The Morgan fingerprint density at radius 3 is 2.36 bits per heavy atom. The summed E-state index contributed by atoms with van der Waals surface area (Å²) in [6.45, 7) is 0.165. The first-order chi connectivity index (χ1) is 18.6. The van der Waals surface area contributed by atoms with Crippen molar-refractivity contribution in [2.24, 2.45) is 5.92 Å². The minimum Gasteiger partial charge on any atom is -0.369 e. The molecule has 1 aromatic carbocycles. The molecule has 4 aliphatic rings. The normalized spacial score (nSPS) is 26.8. The van der Waals surface area contributed by atoms with Crippen molar-refractivity contribution >= 4 is 37.9 Å². The number of aromatic nitrogens is 1. The fraction of sp³-hybridized carbons (Fsp3) is 0.593. The van der Waals surface area contributed by atoms with Gasteiger partial charge in [0.25, 0.3) is 5.92 Å². The molecule has 208 valence electrons. The third-order valence-corrected chi connectivity index (χ3v) is 11.2. The number of hydrogen-bond acceptors (Lipinski definition) is 8. The standard InChI is InChI=1S/C27H31F2N5O3S2/c28-27(29)16-34(17-27)25-31-22(20-3-1-2-4-21(20)24(35)32-26(15-30)9-10-26)23(38-25)18-5-7-19(8-6-18)33-11-13-39(36,37)14-12-33/h5-8,20-21H,1-4,9-14,16-17H2,(H,32,35). The lowest BCUT2D eigenvalue weighted by atomic mass is 9.76. The Morgan fingerprint density at radius 2 is 1.74 bits per heavy atom. The van der Waals surface area contributed by atoms with Crippen molar-refractivity contribution in [3.8, 4) is 16.5 Å². The first-order valence-corrected chi connectivity index (χ1v) is 16.1. The molecule has 6 rings (SSSR count). The van der Waals surface area contributed by atoms with Gasteiger partial charge in [-0.3, -0.25) is 4.79 Å². The monoisotopic (exact) mass is 575 g/mol. The number of alkyl halides is 2. The Kier molecular flexibility index (Phi) is 6.57. The maximum absolute atomic E-state index is 13.7. The summed E-state index contributed by atoms with van der Waals surface area (Å²) in [7, 11) is -2.98. The Balaban J connectivity index is 1.30. The van der Waals surface area contributed by atoms with E-state index in [1.165, 1.54) is 11.3 Å². The number of thiazole rings is 1. The number of benzene rings is 1. The van der Waals surface area contributed by atoms with Gasteiger partial charge in [0.1, 0.15) is 5.54 Å². The molecule has 2 saturated heterocycles. The van der Waals surface area contributed by atoms with E-state index in [1.807, 2.05) is 24.3 Å². The molecule has 2 unspecified atom stereocenters. The van der Waals surface area contributed by atoms with Crippen LogP contribution in [-0.2, 0) is 14.6 Å². The zero-order valence-corrected chi connectivity index (χ0v) is 23.2. The van der Waals surface area contributed by atoms with Gasteiger partial charge in [-0.25, -0.2) is 22.2 Å². The second kappa shape index (κ2) is 9.70. The van der Waals surface area contributed by atoms with E-state index in [1.54, 1.807) is 4.90 Å². The summed E-state index contributed by atoms with van der Waals surface area (Å²) in [5, 5.41) is 13.0. The summed E-state index contributed by atoms with van der Waals surface area (Å²) in [6.07, 6.45) is 4.66. The van der Waals surface area contributed by atoms with Crippen LogP contribution in [0, 0.1) is 17.2 Å². The minimum absolute atomic E-state index is 0.120. The molecule has 2 aromatic rings. The number of carbonyl (C=O) groups is 1. The quantitative estimate of drug-likeness (QED) is 0.556. The lowest BCUT2D eigenvalue weighted by Crippen LogP contribution is -2.56. The first kappa shape index (κ1) is 26.4. The molecule has 1 aromatic heterocycles. The van der Waals surface area contributed by atoms with Crippen molar-refractivity contribution in [2.45, 2.75) is 55.9 Å². The number of nitrogens with zero attached hydrogens (tertiary/aromatic N) is 4. The van der Waals surface area contributed by atoms with Crippen molar-refractivity contribution in [1.82, 2.24) is 10.3 Å². The van der Waals surface area contributed by atoms with Crippen LogP contribution in [0.1, 0.15) is 50.1 Å². The highest BCUT2D eigenvalue weighted by molar-refractivity contribution is 7.91. The van der Waals surface area contributed by atoms with E-state index in [9.17, 15) is 27.3 Å². The number of amides is 1. The van der Waals surface area contributed by atoms with E-state index in [-0.39, 0.29) is 42.3 Å². The van der Waals surface area contributed by atoms with E-state index >= 15 is 0 Å². The molecule has 4 fully saturated rings. The molecule has 39 heavy (non-hydrogen) atoms. The summed E-state index contributed by atoms with van der Waals surface area (Å²) in [4.78, 5) is 22.8. The van der Waals surface area contributed by atoms with Crippen molar-refractivity contribution in [1.29, 1.82) is 5.26 Å². The Morgan fingerprint density at radius 1 is 1.08 bits per heavy atom. The van der Waals surface area contributed by atoms with Gasteiger partial charge in [0, 0.05) is 30.6 Å². The Labute approximate surface area is 230 Å². The average molecular weight is 576 g/mol. The van der Waals surface area contributed by atoms with Gasteiger partial charge in [-0.1, -0.05) is 36.3 Å². The molecule has 2 saturated carbocycles. The van der Waals surface area contributed by atoms with Gasteiger partial charge in [-0.2, -0.15) is 5.26 Å². The number of anilines is 2. The number of hydrogen-bond donors (Lipinski definition) is 1. The predicted molar refractivity (Wildman–Crippen MR) is 146 cm³/mol. The van der Waals surface area contributed by atoms with Gasteiger partial charge in [0.2, 0.25) is 5.91 Å². The third kappa shape index (κ3) is 5.35. The van der Waals surface area contributed by atoms with Gasteiger partial charge >= 0.3 is 0 Å². The van der Waals surface area contributed by atoms with Crippen molar-refractivity contribution in [2.75, 3.05) is 47.5 Å². The van der Waals surface area contributed by atoms with Crippen LogP contribution < -0.4 is 15.1 Å². The van der Waals surface area contributed by atoms with Gasteiger partial charge in [0.15, 0.2) is 15.0 Å². The van der Waals surface area contributed by atoms with Gasteiger partial charge < -0.3 is 15.1 Å². The number of halogens is 2. The van der Waals surface area contributed by atoms with E-state index in [0.29, 0.717) is 37.5 Å². The maximum Gasteiger partial charge on any atom is 0.282 e. The van der Waals surface area contributed by atoms with Gasteiger partial charge in [-0.15, -0.1) is 0 Å². The zero-order valence-electron chi connectivity index (χ0n) is 21.5. The molecule has 2 atom stereocenters. The van der Waals surface area contributed by atoms with E-state index in [0.717, 1.165) is 41.1 Å². The molecular weight excluding hydrogens is 544 g/mol. The molecule has 0 bridgehead atoms. The van der Waals surface area contributed by atoms with Crippen LogP contribution in [0.15, 0.2) is 24.3 Å².